The zero-order valence-electron chi connectivity index (χ0n) is 13.3. The summed E-state index contributed by atoms with van der Waals surface area (Å²) in [6.07, 6.45) is 3.37. The van der Waals surface area contributed by atoms with Crippen LogP contribution in [0.4, 0.5) is 0 Å². The molecule has 3 unspecified atom stereocenters. The summed E-state index contributed by atoms with van der Waals surface area (Å²) in [4.78, 5) is 17.4. The molecule has 0 radical (unpaired) electrons. The van der Waals surface area contributed by atoms with Gasteiger partial charge in [0.25, 0.3) is 0 Å². The number of carbonyl (C=O) groups excluding carboxylic acids is 1. The lowest BCUT2D eigenvalue weighted by Crippen LogP contribution is -2.51. The predicted octanol–water partition coefficient (Wildman–Crippen LogP) is 0.777. The van der Waals surface area contributed by atoms with Crippen molar-refractivity contribution in [1.82, 2.24) is 9.80 Å². The maximum Gasteiger partial charge on any atom is 0.137 e. The topological polar surface area (TPSA) is 42.0 Å². The number of nitrogens with zero attached hydrogens (tertiary/aromatic N) is 2. The van der Waals surface area contributed by atoms with Crippen LogP contribution >= 0.6 is 0 Å². The summed E-state index contributed by atoms with van der Waals surface area (Å²) >= 11 is 0. The first-order valence-electron chi connectivity index (χ1n) is 8.21. The minimum absolute atomic E-state index is 0.159. The maximum atomic E-state index is 12.7. The van der Waals surface area contributed by atoms with E-state index in [0.717, 1.165) is 45.5 Å². The van der Waals surface area contributed by atoms with Crippen molar-refractivity contribution in [3.63, 3.8) is 0 Å². The van der Waals surface area contributed by atoms with E-state index in [1.807, 2.05) is 0 Å². The van der Waals surface area contributed by atoms with E-state index < -0.39 is 0 Å². The lowest BCUT2D eigenvalue weighted by atomic mass is 9.81. The van der Waals surface area contributed by atoms with Gasteiger partial charge >= 0.3 is 0 Å². The molecule has 3 saturated heterocycles. The lowest BCUT2D eigenvalue weighted by Gasteiger charge is -2.40. The Morgan fingerprint density at radius 1 is 1.29 bits per heavy atom. The van der Waals surface area contributed by atoms with E-state index in [-0.39, 0.29) is 11.5 Å². The number of rotatable bonds is 3. The predicted molar refractivity (Wildman–Crippen MR) is 80.4 cm³/mol. The van der Waals surface area contributed by atoms with Crippen LogP contribution in [0.1, 0.15) is 25.7 Å². The molecular weight excluding hydrogens is 268 g/mol. The van der Waals surface area contributed by atoms with Crippen molar-refractivity contribution >= 4 is 5.78 Å². The van der Waals surface area contributed by atoms with E-state index >= 15 is 0 Å². The van der Waals surface area contributed by atoms with Gasteiger partial charge in [0.15, 0.2) is 0 Å². The number of likely N-dealkylation sites (N-methyl/N-ethyl adjacent to an activating group) is 2. The second-order valence-corrected chi connectivity index (χ2v) is 7.09. The van der Waals surface area contributed by atoms with Gasteiger partial charge in [-0.15, -0.1) is 0 Å². The number of ketones is 1. The van der Waals surface area contributed by atoms with Crippen LogP contribution in [0.3, 0.4) is 0 Å². The van der Waals surface area contributed by atoms with Crippen LogP contribution in [0.2, 0.25) is 0 Å². The minimum atomic E-state index is -0.159. The Morgan fingerprint density at radius 2 is 2.14 bits per heavy atom. The fraction of sp³-hybridized carbons (Fsp3) is 0.938. The Bertz CT molecular complexity index is 382. The number of hydrogen-bond donors (Lipinski definition) is 0. The van der Waals surface area contributed by atoms with Gasteiger partial charge in [-0.1, -0.05) is 0 Å². The van der Waals surface area contributed by atoms with Crippen LogP contribution in [0.5, 0.6) is 0 Å². The van der Waals surface area contributed by atoms with Crippen molar-refractivity contribution in [3.05, 3.63) is 0 Å². The first-order valence-corrected chi connectivity index (χ1v) is 8.21. The van der Waals surface area contributed by atoms with Gasteiger partial charge in [-0.25, -0.2) is 0 Å². The highest BCUT2D eigenvalue weighted by atomic mass is 16.6. The van der Waals surface area contributed by atoms with Crippen molar-refractivity contribution in [2.24, 2.45) is 5.92 Å². The molecule has 1 spiro atoms. The first-order chi connectivity index (χ1) is 10.1. The Hall–Kier alpha value is -0.490. The molecular formula is C16H28N2O3. The lowest BCUT2D eigenvalue weighted by molar-refractivity contribution is -0.138. The number of piperazine rings is 1. The molecule has 3 atom stereocenters. The van der Waals surface area contributed by atoms with Gasteiger partial charge < -0.3 is 19.3 Å². The molecule has 3 fully saturated rings. The molecule has 5 heteroatoms. The number of Topliss-reactive ketones (excluding diaryl/α,β-unsaturated/α-hetero) is 1. The van der Waals surface area contributed by atoms with Crippen LogP contribution in [-0.2, 0) is 14.3 Å². The summed E-state index contributed by atoms with van der Waals surface area (Å²) in [6, 6.07) is 0.370. The second-order valence-electron chi connectivity index (χ2n) is 7.09. The van der Waals surface area contributed by atoms with Gasteiger partial charge in [0, 0.05) is 57.6 Å². The fourth-order valence-electron chi connectivity index (χ4n) is 3.89. The van der Waals surface area contributed by atoms with Crippen molar-refractivity contribution in [2.45, 2.75) is 37.3 Å². The summed E-state index contributed by atoms with van der Waals surface area (Å²) in [5, 5.41) is 0. The monoisotopic (exact) mass is 296 g/mol. The minimum Gasteiger partial charge on any atom is -0.378 e. The van der Waals surface area contributed by atoms with Crippen molar-refractivity contribution in [2.75, 3.05) is 53.6 Å². The zero-order chi connectivity index (χ0) is 14.9. The Kier molecular flexibility index (Phi) is 4.64. The van der Waals surface area contributed by atoms with Crippen LogP contribution < -0.4 is 0 Å². The third-order valence-corrected chi connectivity index (χ3v) is 5.43. The molecule has 0 aromatic heterocycles. The summed E-state index contributed by atoms with van der Waals surface area (Å²) in [5.41, 5.74) is -0.159. The van der Waals surface area contributed by atoms with Gasteiger partial charge in [-0.05, 0) is 26.9 Å². The third kappa shape index (κ3) is 3.47. The molecule has 3 aliphatic heterocycles. The van der Waals surface area contributed by atoms with E-state index in [1.165, 1.54) is 0 Å². The van der Waals surface area contributed by atoms with Gasteiger partial charge in [-0.3, -0.25) is 4.79 Å². The summed E-state index contributed by atoms with van der Waals surface area (Å²) < 4.78 is 11.4. The van der Waals surface area contributed by atoms with Crippen molar-refractivity contribution < 1.29 is 14.3 Å². The number of carbonyl (C=O) groups is 1. The van der Waals surface area contributed by atoms with Gasteiger partial charge in [0.1, 0.15) is 5.78 Å². The highest BCUT2D eigenvalue weighted by molar-refractivity contribution is 5.81. The molecule has 5 nitrogen and oxygen atoms in total. The molecule has 3 aliphatic rings. The molecule has 0 aromatic rings. The molecule has 3 heterocycles. The highest BCUT2D eigenvalue weighted by Crippen LogP contribution is 2.36. The SMILES string of the molecule is CN1CCN(C)C(CC(=O)C2CCOC3(CCOC3)C2)C1. The first kappa shape index (κ1) is 15.4. The summed E-state index contributed by atoms with van der Waals surface area (Å²) in [5.74, 6) is 0.595. The molecule has 3 rings (SSSR count). The largest absolute Gasteiger partial charge is 0.378 e. The van der Waals surface area contributed by atoms with Crippen LogP contribution in [0.15, 0.2) is 0 Å². The highest BCUT2D eigenvalue weighted by Gasteiger charge is 2.43. The molecule has 0 saturated carbocycles. The van der Waals surface area contributed by atoms with Crippen LogP contribution in [-0.4, -0.2) is 80.8 Å². The van der Waals surface area contributed by atoms with E-state index in [2.05, 4.69) is 23.9 Å². The number of ether oxygens (including phenoxy) is 2. The average molecular weight is 296 g/mol. The molecule has 0 aromatic carbocycles. The molecule has 0 aliphatic carbocycles. The van der Waals surface area contributed by atoms with Gasteiger partial charge in [0.05, 0.1) is 12.2 Å². The van der Waals surface area contributed by atoms with E-state index in [0.29, 0.717) is 31.5 Å². The summed E-state index contributed by atoms with van der Waals surface area (Å²) in [7, 11) is 4.28. The molecule has 0 N–H and O–H groups in total. The third-order valence-electron chi connectivity index (χ3n) is 5.43. The zero-order valence-corrected chi connectivity index (χ0v) is 13.3. The Balaban J connectivity index is 1.57. The van der Waals surface area contributed by atoms with Crippen LogP contribution in [0, 0.1) is 5.92 Å². The van der Waals surface area contributed by atoms with Crippen LogP contribution in [0.25, 0.3) is 0 Å². The Labute approximate surface area is 127 Å². The normalized spacial score (nSPS) is 39.0. The smallest absolute Gasteiger partial charge is 0.137 e. The standard InChI is InChI=1S/C16H28N2O3/c1-17-5-6-18(2)14(11-17)9-15(19)13-3-7-21-16(10-13)4-8-20-12-16/h13-14H,3-12H2,1-2H3. The van der Waals surface area contributed by atoms with E-state index in [1.54, 1.807) is 0 Å². The molecule has 0 bridgehead atoms. The fourth-order valence-corrected chi connectivity index (χ4v) is 3.89. The average Bonchev–Trinajstić information content (AvgIpc) is 2.91. The number of hydrogen-bond acceptors (Lipinski definition) is 5. The van der Waals surface area contributed by atoms with Gasteiger partial charge in [0.2, 0.25) is 0 Å². The Morgan fingerprint density at radius 3 is 2.90 bits per heavy atom. The molecule has 120 valence electrons. The second kappa shape index (κ2) is 6.32. The summed E-state index contributed by atoms with van der Waals surface area (Å²) in [6.45, 7) is 5.30. The van der Waals surface area contributed by atoms with Gasteiger partial charge in [-0.2, -0.15) is 0 Å². The molecule has 0 amide bonds. The van der Waals surface area contributed by atoms with Crippen molar-refractivity contribution in [1.29, 1.82) is 0 Å². The molecule has 21 heavy (non-hydrogen) atoms. The maximum absolute atomic E-state index is 12.7. The quantitative estimate of drug-likeness (QED) is 0.770. The van der Waals surface area contributed by atoms with E-state index in [9.17, 15) is 4.79 Å². The van der Waals surface area contributed by atoms with E-state index in [4.69, 9.17) is 9.47 Å². The van der Waals surface area contributed by atoms with Crippen molar-refractivity contribution in [3.8, 4) is 0 Å².